The quantitative estimate of drug-likeness (QED) is 0.502. The van der Waals surface area contributed by atoms with Gasteiger partial charge in [0.15, 0.2) is 0 Å². The van der Waals surface area contributed by atoms with E-state index >= 15 is 0 Å². The van der Waals surface area contributed by atoms with E-state index in [9.17, 15) is 9.59 Å². The average molecular weight is 380 g/mol. The van der Waals surface area contributed by atoms with Crippen molar-refractivity contribution in [2.75, 3.05) is 4.90 Å². The molecule has 142 valence electrons. The molecule has 0 saturated carbocycles. The van der Waals surface area contributed by atoms with Crippen LogP contribution in [0.1, 0.15) is 23.0 Å². The Hall–Kier alpha value is -3.53. The van der Waals surface area contributed by atoms with Gasteiger partial charge in [-0.2, -0.15) is 0 Å². The maximum absolute atomic E-state index is 13.6. The number of hydrogen-bond acceptors (Lipinski definition) is 3. The molecule has 0 N–H and O–H groups in total. The summed E-state index contributed by atoms with van der Waals surface area (Å²) in [5.41, 5.74) is 2.65. The summed E-state index contributed by atoms with van der Waals surface area (Å²) in [6.45, 7) is 0. The SMILES string of the molecule is O=C1[C@H]2[C@H](C(=O)N1c1cccnc1)[C@@H](c1ccccc1)C=C[C@@H]2c1ccccc1. The molecular formula is C25H20N2O2. The lowest BCUT2D eigenvalue weighted by molar-refractivity contribution is -0.122. The Morgan fingerprint density at radius 3 is 1.62 bits per heavy atom. The second-order valence-electron chi connectivity index (χ2n) is 7.53. The summed E-state index contributed by atoms with van der Waals surface area (Å²) in [5.74, 6) is -1.40. The molecule has 2 aromatic carbocycles. The number of amides is 2. The van der Waals surface area contributed by atoms with Crippen molar-refractivity contribution in [3.63, 3.8) is 0 Å². The number of allylic oxidation sites excluding steroid dienone is 2. The molecule has 0 radical (unpaired) electrons. The minimum Gasteiger partial charge on any atom is -0.274 e. The van der Waals surface area contributed by atoms with E-state index in [2.05, 4.69) is 17.1 Å². The van der Waals surface area contributed by atoms with Crippen LogP contribution in [0.4, 0.5) is 5.69 Å². The van der Waals surface area contributed by atoms with Crippen molar-refractivity contribution in [1.82, 2.24) is 4.98 Å². The summed E-state index contributed by atoms with van der Waals surface area (Å²) >= 11 is 0. The molecule has 0 spiro atoms. The number of pyridine rings is 1. The van der Waals surface area contributed by atoms with E-state index in [1.807, 2.05) is 60.7 Å². The third-order valence-corrected chi connectivity index (χ3v) is 5.97. The van der Waals surface area contributed by atoms with Crippen LogP contribution in [0.3, 0.4) is 0 Å². The van der Waals surface area contributed by atoms with Crippen molar-refractivity contribution in [1.29, 1.82) is 0 Å². The number of aromatic nitrogens is 1. The fourth-order valence-electron chi connectivity index (χ4n) is 4.67. The lowest BCUT2D eigenvalue weighted by Gasteiger charge is -2.32. The Labute approximate surface area is 169 Å². The van der Waals surface area contributed by atoms with Gasteiger partial charge in [-0.1, -0.05) is 72.8 Å². The minimum absolute atomic E-state index is 0.126. The number of carbonyl (C=O) groups is 2. The highest BCUT2D eigenvalue weighted by molar-refractivity contribution is 6.22. The van der Waals surface area contributed by atoms with Crippen LogP contribution in [0.15, 0.2) is 97.3 Å². The first-order valence-electron chi connectivity index (χ1n) is 9.82. The third-order valence-electron chi connectivity index (χ3n) is 5.97. The number of anilines is 1. The van der Waals surface area contributed by atoms with E-state index in [1.165, 1.54) is 4.90 Å². The first-order valence-corrected chi connectivity index (χ1v) is 9.82. The molecule has 1 aliphatic carbocycles. The molecule has 0 unspecified atom stereocenters. The first kappa shape index (κ1) is 17.6. The average Bonchev–Trinajstić information content (AvgIpc) is 3.06. The van der Waals surface area contributed by atoms with Gasteiger partial charge >= 0.3 is 0 Å². The zero-order chi connectivity index (χ0) is 19.8. The molecule has 1 aromatic heterocycles. The van der Waals surface area contributed by atoms with Gasteiger partial charge in [-0.05, 0) is 23.3 Å². The highest BCUT2D eigenvalue weighted by Gasteiger charge is 2.55. The molecule has 4 atom stereocenters. The van der Waals surface area contributed by atoms with Crippen LogP contribution >= 0.6 is 0 Å². The maximum atomic E-state index is 13.6. The molecule has 2 heterocycles. The minimum atomic E-state index is -0.430. The number of benzene rings is 2. The van der Waals surface area contributed by atoms with E-state index in [1.54, 1.807) is 24.5 Å². The van der Waals surface area contributed by atoms with Crippen LogP contribution in [0, 0.1) is 11.8 Å². The fourth-order valence-corrected chi connectivity index (χ4v) is 4.67. The number of imide groups is 1. The Bertz CT molecular complexity index is 996. The van der Waals surface area contributed by atoms with E-state index < -0.39 is 11.8 Å². The van der Waals surface area contributed by atoms with Crippen molar-refractivity contribution in [3.05, 3.63) is 108 Å². The summed E-state index contributed by atoms with van der Waals surface area (Å²) in [4.78, 5) is 32.6. The second kappa shape index (κ2) is 7.13. The normalized spacial score (nSPS) is 25.9. The van der Waals surface area contributed by atoms with Crippen molar-refractivity contribution >= 4 is 17.5 Å². The summed E-state index contributed by atoms with van der Waals surface area (Å²) in [6, 6.07) is 23.4. The number of hydrogen-bond donors (Lipinski definition) is 0. The van der Waals surface area contributed by atoms with Crippen molar-refractivity contribution in [2.24, 2.45) is 11.8 Å². The van der Waals surface area contributed by atoms with Crippen LogP contribution in [0.25, 0.3) is 0 Å². The molecule has 4 nitrogen and oxygen atoms in total. The summed E-state index contributed by atoms with van der Waals surface area (Å²) in [6.07, 6.45) is 7.43. The van der Waals surface area contributed by atoms with Crippen molar-refractivity contribution < 1.29 is 9.59 Å². The fraction of sp³-hybridized carbons (Fsp3) is 0.160. The Morgan fingerprint density at radius 2 is 1.17 bits per heavy atom. The summed E-state index contributed by atoms with van der Waals surface area (Å²) in [7, 11) is 0. The van der Waals surface area contributed by atoms with Gasteiger partial charge in [-0.25, -0.2) is 4.90 Å². The van der Waals surface area contributed by atoms with Gasteiger partial charge in [-0.3, -0.25) is 14.6 Å². The van der Waals surface area contributed by atoms with Crippen molar-refractivity contribution in [3.8, 4) is 0 Å². The lowest BCUT2D eigenvalue weighted by atomic mass is 9.68. The van der Waals surface area contributed by atoms with Crippen LogP contribution in [-0.4, -0.2) is 16.8 Å². The molecule has 1 aliphatic heterocycles. The van der Waals surface area contributed by atoms with E-state index in [0.717, 1.165) is 11.1 Å². The zero-order valence-electron chi connectivity index (χ0n) is 15.8. The van der Waals surface area contributed by atoms with Gasteiger partial charge in [0.25, 0.3) is 0 Å². The Balaban J connectivity index is 1.64. The zero-order valence-corrected chi connectivity index (χ0v) is 15.8. The van der Waals surface area contributed by atoms with Crippen LogP contribution in [0.5, 0.6) is 0 Å². The lowest BCUT2D eigenvalue weighted by Crippen LogP contribution is -2.31. The van der Waals surface area contributed by atoms with Gasteiger partial charge in [0.1, 0.15) is 0 Å². The number of rotatable bonds is 3. The Kier molecular flexibility index (Phi) is 4.32. The molecular weight excluding hydrogens is 360 g/mol. The number of fused-ring (bicyclic) bond motifs is 1. The second-order valence-corrected chi connectivity index (χ2v) is 7.53. The van der Waals surface area contributed by atoms with Gasteiger partial charge in [0.2, 0.25) is 11.8 Å². The number of carbonyl (C=O) groups excluding carboxylic acids is 2. The van der Waals surface area contributed by atoms with Crippen molar-refractivity contribution in [2.45, 2.75) is 11.8 Å². The highest BCUT2D eigenvalue weighted by Crippen LogP contribution is 2.49. The van der Waals surface area contributed by atoms with E-state index in [-0.39, 0.29) is 23.7 Å². The molecule has 1 fully saturated rings. The van der Waals surface area contributed by atoms with Gasteiger partial charge < -0.3 is 0 Å². The largest absolute Gasteiger partial charge is 0.274 e. The third kappa shape index (κ3) is 2.88. The van der Waals surface area contributed by atoms with E-state index in [4.69, 9.17) is 0 Å². The molecule has 2 aliphatic rings. The molecule has 4 heteroatoms. The monoisotopic (exact) mass is 380 g/mol. The van der Waals surface area contributed by atoms with Gasteiger partial charge in [0, 0.05) is 18.0 Å². The topological polar surface area (TPSA) is 50.3 Å². The first-order chi connectivity index (χ1) is 14.3. The molecule has 2 amide bonds. The summed E-state index contributed by atoms with van der Waals surface area (Å²) < 4.78 is 0. The maximum Gasteiger partial charge on any atom is 0.238 e. The van der Waals surface area contributed by atoms with Gasteiger partial charge in [0.05, 0.1) is 23.7 Å². The van der Waals surface area contributed by atoms with Crippen LogP contribution < -0.4 is 4.90 Å². The Morgan fingerprint density at radius 1 is 0.655 bits per heavy atom. The molecule has 0 bridgehead atoms. The standard InChI is InChI=1S/C25H20N2O2/c28-24-22-20(17-8-3-1-4-9-17)13-14-21(18-10-5-2-6-11-18)23(22)25(29)27(24)19-12-7-15-26-16-19/h1-16,20-23H/t20-,21-,22-,23-/m1/s1. The van der Waals surface area contributed by atoms with Gasteiger partial charge in [-0.15, -0.1) is 0 Å². The van der Waals surface area contributed by atoms with Crippen LogP contribution in [-0.2, 0) is 9.59 Å². The van der Waals surface area contributed by atoms with Crippen LogP contribution in [0.2, 0.25) is 0 Å². The molecule has 1 saturated heterocycles. The number of nitrogens with zero attached hydrogens (tertiary/aromatic N) is 2. The predicted molar refractivity (Wildman–Crippen MR) is 111 cm³/mol. The molecule has 3 aromatic rings. The molecule has 5 rings (SSSR count). The molecule has 29 heavy (non-hydrogen) atoms. The smallest absolute Gasteiger partial charge is 0.238 e. The summed E-state index contributed by atoms with van der Waals surface area (Å²) in [5, 5.41) is 0. The van der Waals surface area contributed by atoms with E-state index in [0.29, 0.717) is 5.69 Å². The predicted octanol–water partition coefficient (Wildman–Crippen LogP) is 4.32. The highest BCUT2D eigenvalue weighted by atomic mass is 16.2.